The molecule has 0 spiro atoms. The number of hydrogen-bond donors (Lipinski definition) is 1. The standard InChI is InChI=1S/C17H15N3O/c21-17(12-5-6-12)19-13-7-9-14(10-8-13)20-11-18-15-3-1-2-4-16(15)20/h1-4,7-12H,5-6H2,(H,19,21). The van der Waals surface area contributed by atoms with E-state index in [1.807, 2.05) is 59.4 Å². The number of nitrogens with one attached hydrogen (secondary N) is 1. The zero-order valence-electron chi connectivity index (χ0n) is 11.5. The zero-order chi connectivity index (χ0) is 14.2. The summed E-state index contributed by atoms with van der Waals surface area (Å²) in [6.45, 7) is 0. The monoisotopic (exact) mass is 277 g/mol. The predicted molar refractivity (Wildman–Crippen MR) is 82.4 cm³/mol. The minimum atomic E-state index is 0.135. The summed E-state index contributed by atoms with van der Waals surface area (Å²) < 4.78 is 2.04. The first-order valence-corrected chi connectivity index (χ1v) is 7.15. The van der Waals surface area contributed by atoms with Gasteiger partial charge in [0.25, 0.3) is 0 Å². The Balaban J connectivity index is 1.62. The molecule has 1 aliphatic carbocycles. The molecule has 1 saturated carbocycles. The molecule has 4 nitrogen and oxygen atoms in total. The van der Waals surface area contributed by atoms with Crippen LogP contribution in [0.25, 0.3) is 16.7 Å². The molecule has 1 aliphatic rings. The van der Waals surface area contributed by atoms with Gasteiger partial charge in [-0.25, -0.2) is 4.98 Å². The maximum atomic E-state index is 11.7. The summed E-state index contributed by atoms with van der Waals surface area (Å²) in [5.41, 5.74) is 3.93. The van der Waals surface area contributed by atoms with Crippen LogP contribution in [0.15, 0.2) is 54.9 Å². The zero-order valence-corrected chi connectivity index (χ0v) is 11.5. The molecular formula is C17H15N3O. The van der Waals surface area contributed by atoms with Crippen molar-refractivity contribution in [1.29, 1.82) is 0 Å². The molecule has 4 rings (SSSR count). The minimum absolute atomic E-state index is 0.135. The van der Waals surface area contributed by atoms with Crippen LogP contribution >= 0.6 is 0 Å². The number of para-hydroxylation sites is 2. The van der Waals surface area contributed by atoms with E-state index >= 15 is 0 Å². The molecule has 21 heavy (non-hydrogen) atoms. The van der Waals surface area contributed by atoms with Crippen LogP contribution in [0.3, 0.4) is 0 Å². The van der Waals surface area contributed by atoms with Crippen molar-refractivity contribution in [3.8, 4) is 5.69 Å². The largest absolute Gasteiger partial charge is 0.326 e. The van der Waals surface area contributed by atoms with Gasteiger partial charge in [-0.1, -0.05) is 12.1 Å². The van der Waals surface area contributed by atoms with E-state index in [0.717, 1.165) is 35.2 Å². The highest BCUT2D eigenvalue weighted by molar-refractivity contribution is 5.94. The number of fused-ring (bicyclic) bond motifs is 1. The molecule has 4 heteroatoms. The number of anilines is 1. The Kier molecular flexibility index (Phi) is 2.74. The van der Waals surface area contributed by atoms with Crippen LogP contribution in [0.1, 0.15) is 12.8 Å². The van der Waals surface area contributed by atoms with Crippen molar-refractivity contribution in [3.63, 3.8) is 0 Å². The second-order valence-corrected chi connectivity index (χ2v) is 5.41. The van der Waals surface area contributed by atoms with Gasteiger partial charge in [-0.05, 0) is 49.2 Å². The first kappa shape index (κ1) is 12.1. The molecule has 2 aromatic carbocycles. The highest BCUT2D eigenvalue weighted by atomic mass is 16.2. The van der Waals surface area contributed by atoms with Crippen LogP contribution in [-0.4, -0.2) is 15.5 Å². The van der Waals surface area contributed by atoms with Crippen LogP contribution in [-0.2, 0) is 4.79 Å². The van der Waals surface area contributed by atoms with E-state index in [2.05, 4.69) is 10.3 Å². The molecule has 1 fully saturated rings. The number of nitrogens with zero attached hydrogens (tertiary/aromatic N) is 2. The Bertz CT molecular complexity index is 800. The van der Waals surface area contributed by atoms with Crippen LogP contribution in [0.2, 0.25) is 0 Å². The molecular weight excluding hydrogens is 262 g/mol. The second-order valence-electron chi connectivity index (χ2n) is 5.41. The highest BCUT2D eigenvalue weighted by Gasteiger charge is 2.29. The van der Waals surface area contributed by atoms with Crippen molar-refractivity contribution in [1.82, 2.24) is 9.55 Å². The average Bonchev–Trinajstić information content (AvgIpc) is 3.28. The van der Waals surface area contributed by atoms with Gasteiger partial charge >= 0.3 is 0 Å². The lowest BCUT2D eigenvalue weighted by Gasteiger charge is -2.07. The van der Waals surface area contributed by atoms with Gasteiger partial charge in [-0.15, -0.1) is 0 Å². The quantitative estimate of drug-likeness (QED) is 0.797. The van der Waals surface area contributed by atoms with Crippen molar-refractivity contribution < 1.29 is 4.79 Å². The molecule has 0 radical (unpaired) electrons. The third kappa shape index (κ3) is 2.29. The summed E-state index contributed by atoms with van der Waals surface area (Å²) >= 11 is 0. The van der Waals surface area contributed by atoms with Gasteiger partial charge in [0.15, 0.2) is 0 Å². The second kappa shape index (κ2) is 4.74. The molecule has 0 atom stereocenters. The van der Waals surface area contributed by atoms with Crippen molar-refractivity contribution in [2.24, 2.45) is 5.92 Å². The summed E-state index contributed by atoms with van der Waals surface area (Å²) in [7, 11) is 0. The van der Waals surface area contributed by atoms with Crippen LogP contribution in [0, 0.1) is 5.92 Å². The van der Waals surface area contributed by atoms with Gasteiger partial charge in [-0.3, -0.25) is 9.36 Å². The van der Waals surface area contributed by atoms with Gasteiger partial charge in [0.2, 0.25) is 5.91 Å². The molecule has 3 aromatic rings. The molecule has 104 valence electrons. The fraction of sp³-hybridized carbons (Fsp3) is 0.176. The average molecular weight is 277 g/mol. The van der Waals surface area contributed by atoms with Gasteiger partial charge < -0.3 is 5.32 Å². The van der Waals surface area contributed by atoms with Crippen molar-refractivity contribution >= 4 is 22.6 Å². The van der Waals surface area contributed by atoms with E-state index < -0.39 is 0 Å². The van der Waals surface area contributed by atoms with E-state index in [4.69, 9.17) is 0 Å². The van der Waals surface area contributed by atoms with Crippen molar-refractivity contribution in [3.05, 3.63) is 54.9 Å². The Hall–Kier alpha value is -2.62. The smallest absolute Gasteiger partial charge is 0.227 e. The first-order chi connectivity index (χ1) is 10.3. The molecule has 0 bridgehead atoms. The van der Waals surface area contributed by atoms with Gasteiger partial charge in [-0.2, -0.15) is 0 Å². The molecule has 0 unspecified atom stereocenters. The summed E-state index contributed by atoms with van der Waals surface area (Å²) in [6.07, 6.45) is 3.86. The predicted octanol–water partition coefficient (Wildman–Crippen LogP) is 3.37. The molecule has 1 aromatic heterocycles. The lowest BCUT2D eigenvalue weighted by molar-refractivity contribution is -0.117. The fourth-order valence-electron chi connectivity index (χ4n) is 2.46. The normalized spacial score (nSPS) is 14.3. The Labute approximate surface area is 122 Å². The van der Waals surface area contributed by atoms with E-state index in [1.54, 1.807) is 0 Å². The van der Waals surface area contributed by atoms with Crippen molar-refractivity contribution in [2.75, 3.05) is 5.32 Å². The molecule has 1 amide bonds. The van der Waals surface area contributed by atoms with E-state index in [9.17, 15) is 4.79 Å². The number of carbonyl (C=O) groups excluding carboxylic acids is 1. The molecule has 0 aliphatic heterocycles. The third-order valence-electron chi connectivity index (χ3n) is 3.81. The van der Waals surface area contributed by atoms with Crippen LogP contribution < -0.4 is 5.32 Å². The molecule has 1 N–H and O–H groups in total. The summed E-state index contributed by atoms with van der Waals surface area (Å²) in [5, 5.41) is 2.95. The van der Waals surface area contributed by atoms with E-state index in [0.29, 0.717) is 0 Å². The SMILES string of the molecule is O=C(Nc1ccc(-n2cnc3ccccc32)cc1)C1CC1. The van der Waals surface area contributed by atoms with Gasteiger partial charge in [0.05, 0.1) is 11.0 Å². The fourth-order valence-corrected chi connectivity index (χ4v) is 2.46. The Morgan fingerprint density at radius 1 is 1.10 bits per heavy atom. The highest BCUT2D eigenvalue weighted by Crippen LogP contribution is 2.30. The van der Waals surface area contributed by atoms with E-state index in [1.165, 1.54) is 0 Å². The number of benzene rings is 2. The number of rotatable bonds is 3. The molecule has 0 saturated heterocycles. The lowest BCUT2D eigenvalue weighted by atomic mass is 10.2. The third-order valence-corrected chi connectivity index (χ3v) is 3.81. The number of hydrogen-bond acceptors (Lipinski definition) is 2. The van der Waals surface area contributed by atoms with Gasteiger partial charge in [0, 0.05) is 17.3 Å². The Morgan fingerprint density at radius 2 is 1.86 bits per heavy atom. The molecule has 1 heterocycles. The maximum Gasteiger partial charge on any atom is 0.227 e. The number of amides is 1. The number of carbonyl (C=O) groups is 1. The maximum absolute atomic E-state index is 11.7. The minimum Gasteiger partial charge on any atom is -0.326 e. The van der Waals surface area contributed by atoms with Crippen LogP contribution in [0.5, 0.6) is 0 Å². The number of imidazole rings is 1. The summed E-state index contributed by atoms with van der Waals surface area (Å²) in [5.74, 6) is 0.359. The summed E-state index contributed by atoms with van der Waals surface area (Å²) in [4.78, 5) is 16.1. The topological polar surface area (TPSA) is 46.9 Å². The summed E-state index contributed by atoms with van der Waals surface area (Å²) in [6, 6.07) is 15.9. The van der Waals surface area contributed by atoms with Gasteiger partial charge in [0.1, 0.15) is 6.33 Å². The number of aromatic nitrogens is 2. The lowest BCUT2D eigenvalue weighted by Crippen LogP contribution is -2.13. The van der Waals surface area contributed by atoms with Crippen molar-refractivity contribution in [2.45, 2.75) is 12.8 Å². The van der Waals surface area contributed by atoms with E-state index in [-0.39, 0.29) is 11.8 Å². The first-order valence-electron chi connectivity index (χ1n) is 7.15. The Morgan fingerprint density at radius 3 is 2.62 bits per heavy atom. The van der Waals surface area contributed by atoms with Crippen LogP contribution in [0.4, 0.5) is 5.69 Å².